The predicted molar refractivity (Wildman–Crippen MR) is 61.1 cm³/mol. The van der Waals surface area contributed by atoms with E-state index in [9.17, 15) is 10.2 Å². The Labute approximate surface area is 96.8 Å². The molecule has 0 fully saturated rings. The molecule has 5 heteroatoms. The number of ether oxygens (including phenoxy) is 1. The molecule has 0 radical (unpaired) electrons. The maximum atomic E-state index is 9.54. The number of aliphatic hydroxyl groups is 1. The molecule has 0 saturated heterocycles. The standard InChI is InChI=1S/C10H14BrNO3/c1-15-10-4-8(11)6(3-9(10)14)2-7(13)5-12/h3-4,7,13-14H,2,5,12H2,1H3. The Bertz CT molecular complexity index is 344. The fourth-order valence-corrected chi connectivity index (χ4v) is 1.73. The van der Waals surface area contributed by atoms with Gasteiger partial charge in [0.25, 0.3) is 0 Å². The third-order valence-electron chi connectivity index (χ3n) is 2.08. The average Bonchev–Trinajstić information content (AvgIpc) is 2.22. The highest BCUT2D eigenvalue weighted by atomic mass is 79.9. The average molecular weight is 276 g/mol. The van der Waals surface area contributed by atoms with Crippen LogP contribution in [-0.4, -0.2) is 30.0 Å². The first kappa shape index (κ1) is 12.3. The number of phenols is 1. The molecule has 1 rings (SSSR count). The SMILES string of the molecule is COc1cc(Br)c(CC(O)CN)cc1O. The first-order valence-electron chi connectivity index (χ1n) is 4.52. The lowest BCUT2D eigenvalue weighted by molar-refractivity contribution is 0.183. The van der Waals surface area contributed by atoms with Crippen LogP contribution in [0.5, 0.6) is 11.5 Å². The number of methoxy groups -OCH3 is 1. The third kappa shape index (κ3) is 3.09. The van der Waals surface area contributed by atoms with Crippen LogP contribution in [-0.2, 0) is 6.42 Å². The first-order chi connectivity index (χ1) is 7.08. The van der Waals surface area contributed by atoms with Gasteiger partial charge in [-0.1, -0.05) is 15.9 Å². The lowest BCUT2D eigenvalue weighted by Crippen LogP contribution is -2.22. The van der Waals surface area contributed by atoms with Crippen molar-refractivity contribution in [2.75, 3.05) is 13.7 Å². The van der Waals surface area contributed by atoms with Crippen LogP contribution in [0, 0.1) is 0 Å². The molecule has 0 aromatic heterocycles. The number of hydrogen-bond donors (Lipinski definition) is 3. The van der Waals surface area contributed by atoms with E-state index in [1.807, 2.05) is 0 Å². The van der Waals surface area contributed by atoms with Gasteiger partial charge in [-0.2, -0.15) is 0 Å². The van der Waals surface area contributed by atoms with E-state index < -0.39 is 6.10 Å². The molecule has 0 aliphatic heterocycles. The number of aliphatic hydroxyl groups excluding tert-OH is 1. The summed E-state index contributed by atoms with van der Waals surface area (Å²) in [6, 6.07) is 3.22. The van der Waals surface area contributed by atoms with Gasteiger partial charge in [0.05, 0.1) is 13.2 Å². The maximum absolute atomic E-state index is 9.54. The summed E-state index contributed by atoms with van der Waals surface area (Å²) < 4.78 is 5.73. The molecular formula is C10H14BrNO3. The van der Waals surface area contributed by atoms with Gasteiger partial charge in [-0.15, -0.1) is 0 Å². The summed E-state index contributed by atoms with van der Waals surface area (Å²) in [5, 5.41) is 18.9. The smallest absolute Gasteiger partial charge is 0.161 e. The van der Waals surface area contributed by atoms with Crippen LogP contribution >= 0.6 is 15.9 Å². The van der Waals surface area contributed by atoms with Crippen LogP contribution < -0.4 is 10.5 Å². The molecule has 0 amide bonds. The van der Waals surface area contributed by atoms with Gasteiger partial charge in [-0.3, -0.25) is 0 Å². The molecule has 84 valence electrons. The molecular weight excluding hydrogens is 262 g/mol. The first-order valence-corrected chi connectivity index (χ1v) is 5.31. The number of halogens is 1. The molecule has 0 spiro atoms. The van der Waals surface area contributed by atoms with E-state index in [-0.39, 0.29) is 12.3 Å². The second-order valence-electron chi connectivity index (χ2n) is 3.21. The molecule has 15 heavy (non-hydrogen) atoms. The summed E-state index contributed by atoms with van der Waals surface area (Å²) >= 11 is 3.34. The summed E-state index contributed by atoms with van der Waals surface area (Å²) in [6.45, 7) is 0.194. The minimum Gasteiger partial charge on any atom is -0.504 e. The number of aromatic hydroxyl groups is 1. The summed E-state index contributed by atoms with van der Waals surface area (Å²) in [6.07, 6.45) is -0.205. The molecule has 1 aromatic carbocycles. The molecule has 4 nitrogen and oxygen atoms in total. The van der Waals surface area contributed by atoms with E-state index in [1.165, 1.54) is 7.11 Å². The summed E-state index contributed by atoms with van der Waals surface area (Å²) in [4.78, 5) is 0. The van der Waals surface area contributed by atoms with Gasteiger partial charge in [-0.05, 0) is 17.7 Å². The van der Waals surface area contributed by atoms with Crippen molar-refractivity contribution in [2.45, 2.75) is 12.5 Å². The Morgan fingerprint density at radius 3 is 2.73 bits per heavy atom. The highest BCUT2D eigenvalue weighted by Gasteiger charge is 2.11. The second-order valence-corrected chi connectivity index (χ2v) is 4.06. The van der Waals surface area contributed by atoms with Crippen molar-refractivity contribution < 1.29 is 14.9 Å². The van der Waals surface area contributed by atoms with Crippen LogP contribution in [0.4, 0.5) is 0 Å². The highest BCUT2D eigenvalue weighted by Crippen LogP contribution is 2.32. The molecule has 0 saturated carbocycles. The zero-order valence-corrected chi connectivity index (χ0v) is 9.99. The minimum absolute atomic E-state index is 0.0555. The lowest BCUT2D eigenvalue weighted by Gasteiger charge is -2.11. The maximum Gasteiger partial charge on any atom is 0.161 e. The zero-order chi connectivity index (χ0) is 11.4. The van der Waals surface area contributed by atoms with E-state index in [2.05, 4.69) is 15.9 Å². The Morgan fingerprint density at radius 1 is 1.53 bits per heavy atom. The molecule has 1 unspecified atom stereocenters. The van der Waals surface area contributed by atoms with E-state index in [4.69, 9.17) is 10.5 Å². The van der Waals surface area contributed by atoms with Crippen LogP contribution in [0.1, 0.15) is 5.56 Å². The largest absolute Gasteiger partial charge is 0.504 e. The Kier molecular flexibility index (Phi) is 4.38. The van der Waals surface area contributed by atoms with Crippen molar-refractivity contribution in [1.29, 1.82) is 0 Å². The predicted octanol–water partition coefficient (Wildman–Crippen LogP) is 1.03. The lowest BCUT2D eigenvalue weighted by atomic mass is 10.1. The Hall–Kier alpha value is -0.780. The Morgan fingerprint density at radius 2 is 2.20 bits per heavy atom. The van der Waals surface area contributed by atoms with Crippen molar-refractivity contribution in [1.82, 2.24) is 0 Å². The van der Waals surface area contributed by atoms with Gasteiger partial charge in [0.1, 0.15) is 0 Å². The van der Waals surface area contributed by atoms with E-state index in [1.54, 1.807) is 12.1 Å². The number of phenolic OH excluding ortho intramolecular Hbond substituents is 1. The molecule has 0 bridgehead atoms. The monoisotopic (exact) mass is 275 g/mol. The van der Waals surface area contributed by atoms with Gasteiger partial charge in [0, 0.05) is 17.4 Å². The molecule has 1 atom stereocenters. The van der Waals surface area contributed by atoms with E-state index >= 15 is 0 Å². The van der Waals surface area contributed by atoms with Crippen molar-refractivity contribution in [3.05, 3.63) is 22.2 Å². The highest BCUT2D eigenvalue weighted by molar-refractivity contribution is 9.10. The van der Waals surface area contributed by atoms with Crippen LogP contribution in [0.15, 0.2) is 16.6 Å². The normalized spacial score (nSPS) is 12.5. The van der Waals surface area contributed by atoms with Gasteiger partial charge >= 0.3 is 0 Å². The fraction of sp³-hybridized carbons (Fsp3) is 0.400. The van der Waals surface area contributed by atoms with Gasteiger partial charge < -0.3 is 20.7 Å². The van der Waals surface area contributed by atoms with Crippen molar-refractivity contribution >= 4 is 15.9 Å². The van der Waals surface area contributed by atoms with Crippen molar-refractivity contribution in [2.24, 2.45) is 5.73 Å². The summed E-state index contributed by atoms with van der Waals surface area (Å²) in [5.41, 5.74) is 6.11. The molecule has 0 aliphatic rings. The quantitative estimate of drug-likeness (QED) is 0.767. The van der Waals surface area contributed by atoms with Gasteiger partial charge in [-0.25, -0.2) is 0 Å². The summed E-state index contributed by atoms with van der Waals surface area (Å²) in [5.74, 6) is 0.452. The van der Waals surface area contributed by atoms with Crippen LogP contribution in [0.2, 0.25) is 0 Å². The minimum atomic E-state index is -0.603. The van der Waals surface area contributed by atoms with Crippen LogP contribution in [0.25, 0.3) is 0 Å². The summed E-state index contributed by atoms with van der Waals surface area (Å²) in [7, 11) is 1.48. The number of benzene rings is 1. The van der Waals surface area contributed by atoms with Gasteiger partial charge in [0.2, 0.25) is 0 Å². The Balaban J connectivity index is 2.95. The van der Waals surface area contributed by atoms with Crippen molar-refractivity contribution in [3.63, 3.8) is 0 Å². The zero-order valence-electron chi connectivity index (χ0n) is 8.40. The fourth-order valence-electron chi connectivity index (χ4n) is 1.24. The number of nitrogens with two attached hydrogens (primary N) is 1. The molecule has 0 aliphatic carbocycles. The molecule has 4 N–H and O–H groups in total. The van der Waals surface area contributed by atoms with E-state index in [0.29, 0.717) is 12.2 Å². The van der Waals surface area contributed by atoms with E-state index in [0.717, 1.165) is 10.0 Å². The van der Waals surface area contributed by atoms with Gasteiger partial charge in [0.15, 0.2) is 11.5 Å². The second kappa shape index (κ2) is 5.34. The van der Waals surface area contributed by atoms with Crippen LogP contribution in [0.3, 0.4) is 0 Å². The molecule has 0 heterocycles. The topological polar surface area (TPSA) is 75.7 Å². The third-order valence-corrected chi connectivity index (χ3v) is 2.81. The number of rotatable bonds is 4. The van der Waals surface area contributed by atoms with Crippen molar-refractivity contribution in [3.8, 4) is 11.5 Å². The molecule has 1 aromatic rings. The number of hydrogen-bond acceptors (Lipinski definition) is 4.